The minimum absolute atomic E-state index is 0.195. The monoisotopic (exact) mass is 380 g/mol. The van der Waals surface area contributed by atoms with E-state index in [1.165, 1.54) is 4.90 Å². The van der Waals surface area contributed by atoms with Crippen molar-refractivity contribution < 1.29 is 19.1 Å². The Morgan fingerprint density at radius 2 is 1.92 bits per heavy atom. The molecule has 1 heterocycles. The maximum absolute atomic E-state index is 11.5. The van der Waals surface area contributed by atoms with Crippen LogP contribution in [0.5, 0.6) is 0 Å². The number of nitrogens with zero attached hydrogens (tertiary/aromatic N) is 2. The van der Waals surface area contributed by atoms with Crippen LogP contribution in [0.25, 0.3) is 0 Å². The van der Waals surface area contributed by atoms with Gasteiger partial charge < -0.3 is 14.3 Å². The molecule has 2 rings (SSSR count). The lowest BCUT2D eigenvalue weighted by Crippen LogP contribution is -2.54. The van der Waals surface area contributed by atoms with Gasteiger partial charge in [0.05, 0.1) is 25.4 Å². The number of morpholine rings is 1. The summed E-state index contributed by atoms with van der Waals surface area (Å²) in [6.45, 7) is 9.19. The molecular weight excluding hydrogens is 352 g/mol. The summed E-state index contributed by atoms with van der Waals surface area (Å²) in [6, 6.07) is 8.22. The van der Waals surface area contributed by atoms with Crippen molar-refractivity contribution in [3.05, 3.63) is 29.8 Å². The Kier molecular flexibility index (Phi) is 7.93. The first kappa shape index (κ1) is 20.7. The van der Waals surface area contributed by atoms with Gasteiger partial charge in [-0.1, -0.05) is 17.3 Å². The van der Waals surface area contributed by atoms with Crippen molar-refractivity contribution in [3.8, 4) is 0 Å². The number of rotatable bonds is 8. The molecule has 0 aromatic heterocycles. The molecule has 0 saturated carbocycles. The summed E-state index contributed by atoms with van der Waals surface area (Å²) in [7, 11) is 0. The predicted octanol–water partition coefficient (Wildman–Crippen LogP) is 2.80. The van der Waals surface area contributed by atoms with E-state index in [4.69, 9.17) is 14.3 Å². The van der Waals surface area contributed by atoms with E-state index >= 15 is 0 Å². The molecule has 1 fully saturated rings. The lowest BCUT2D eigenvalue weighted by molar-refractivity contribution is -0.148. The molecule has 0 spiro atoms. The summed E-state index contributed by atoms with van der Waals surface area (Å²) < 4.78 is 10.4. The first-order chi connectivity index (χ1) is 12.5. The predicted molar refractivity (Wildman–Crippen MR) is 104 cm³/mol. The molecule has 0 bridgehead atoms. The molecule has 0 N–H and O–H groups in total. The van der Waals surface area contributed by atoms with Gasteiger partial charge in [0.2, 0.25) is 6.61 Å². The van der Waals surface area contributed by atoms with E-state index in [9.17, 15) is 4.79 Å². The summed E-state index contributed by atoms with van der Waals surface area (Å²) in [5.74, 6) is -0.419. The Labute approximate surface area is 159 Å². The number of hydrogen-bond acceptors (Lipinski definition) is 7. The fourth-order valence-corrected chi connectivity index (χ4v) is 3.30. The average Bonchev–Trinajstić information content (AvgIpc) is 2.66. The van der Waals surface area contributed by atoms with Crippen LogP contribution in [0.4, 0.5) is 0 Å². The largest absolute Gasteiger partial charge is 0.463 e. The number of esters is 1. The Morgan fingerprint density at radius 3 is 2.50 bits per heavy atom. The summed E-state index contributed by atoms with van der Waals surface area (Å²) in [4.78, 5) is 20.4. The number of oxime groups is 1. The fraction of sp³-hybridized carbons (Fsp3) is 0.579. The van der Waals surface area contributed by atoms with Gasteiger partial charge in [0.1, 0.15) is 5.71 Å². The van der Waals surface area contributed by atoms with E-state index < -0.39 is 5.97 Å². The second-order valence-corrected chi connectivity index (χ2v) is 7.28. The zero-order chi connectivity index (χ0) is 19.0. The zero-order valence-electron chi connectivity index (χ0n) is 16.0. The van der Waals surface area contributed by atoms with Gasteiger partial charge in [-0.2, -0.15) is 0 Å². The number of ether oxygens (including phenoxy) is 2. The SMILES string of the molecule is CCOC(=O)CO/N=C(\c1ccc(SC)cc1)C(C)(C)N1CCOCC1. The molecule has 1 aliphatic rings. The Hall–Kier alpha value is -1.57. The van der Waals surface area contributed by atoms with Crippen LogP contribution in [0.2, 0.25) is 0 Å². The third kappa shape index (κ3) is 5.46. The van der Waals surface area contributed by atoms with E-state index in [0.29, 0.717) is 19.8 Å². The quantitative estimate of drug-likeness (QED) is 0.299. The van der Waals surface area contributed by atoms with Crippen molar-refractivity contribution in [2.75, 3.05) is 45.8 Å². The number of hydrogen-bond donors (Lipinski definition) is 0. The number of thioether (sulfide) groups is 1. The summed E-state index contributed by atoms with van der Waals surface area (Å²) in [5.41, 5.74) is 1.40. The van der Waals surface area contributed by atoms with E-state index in [0.717, 1.165) is 24.4 Å². The minimum atomic E-state index is -0.419. The van der Waals surface area contributed by atoms with Crippen LogP contribution in [0.1, 0.15) is 26.3 Å². The van der Waals surface area contributed by atoms with Crippen LogP contribution in [-0.2, 0) is 19.1 Å². The van der Waals surface area contributed by atoms with Crippen LogP contribution in [-0.4, -0.2) is 67.9 Å². The van der Waals surface area contributed by atoms with Gasteiger partial charge in [-0.3, -0.25) is 4.90 Å². The molecule has 0 atom stereocenters. The van der Waals surface area contributed by atoms with Gasteiger partial charge >= 0.3 is 5.97 Å². The molecule has 26 heavy (non-hydrogen) atoms. The normalized spacial score (nSPS) is 16.4. The average molecular weight is 381 g/mol. The summed E-state index contributed by atoms with van der Waals surface area (Å²) in [6.07, 6.45) is 2.05. The van der Waals surface area contributed by atoms with Crippen molar-refractivity contribution >= 4 is 23.4 Å². The topological polar surface area (TPSA) is 60.4 Å². The molecule has 1 aromatic rings. The first-order valence-electron chi connectivity index (χ1n) is 8.82. The van der Waals surface area contributed by atoms with Gasteiger partial charge in [-0.25, -0.2) is 4.79 Å². The third-order valence-corrected chi connectivity index (χ3v) is 5.13. The lowest BCUT2D eigenvalue weighted by Gasteiger charge is -2.41. The number of carbonyl (C=O) groups is 1. The minimum Gasteiger partial charge on any atom is -0.463 e. The Morgan fingerprint density at radius 1 is 1.27 bits per heavy atom. The molecule has 0 radical (unpaired) electrons. The van der Waals surface area contributed by atoms with Crippen molar-refractivity contribution in [2.24, 2.45) is 5.16 Å². The van der Waals surface area contributed by atoms with Crippen LogP contribution in [0.15, 0.2) is 34.3 Å². The maximum Gasteiger partial charge on any atom is 0.347 e. The van der Waals surface area contributed by atoms with Gasteiger partial charge in [0, 0.05) is 23.5 Å². The lowest BCUT2D eigenvalue weighted by atomic mass is 9.90. The highest BCUT2D eigenvalue weighted by atomic mass is 32.2. The highest BCUT2D eigenvalue weighted by Gasteiger charge is 2.35. The van der Waals surface area contributed by atoms with Gasteiger partial charge in [-0.05, 0) is 39.2 Å². The summed E-state index contributed by atoms with van der Waals surface area (Å²) >= 11 is 1.69. The first-order valence-corrected chi connectivity index (χ1v) is 10.0. The zero-order valence-corrected chi connectivity index (χ0v) is 16.8. The van der Waals surface area contributed by atoms with Crippen molar-refractivity contribution in [1.29, 1.82) is 0 Å². The highest BCUT2D eigenvalue weighted by molar-refractivity contribution is 7.98. The van der Waals surface area contributed by atoms with Crippen LogP contribution in [0.3, 0.4) is 0 Å². The maximum atomic E-state index is 11.5. The molecule has 7 heteroatoms. The van der Waals surface area contributed by atoms with Crippen LogP contribution >= 0.6 is 11.8 Å². The van der Waals surface area contributed by atoms with E-state index in [1.807, 2.05) is 18.4 Å². The molecule has 0 unspecified atom stereocenters. The Bertz CT molecular complexity index is 610. The van der Waals surface area contributed by atoms with Crippen molar-refractivity contribution in [3.63, 3.8) is 0 Å². The number of benzene rings is 1. The second-order valence-electron chi connectivity index (χ2n) is 6.41. The highest BCUT2D eigenvalue weighted by Crippen LogP contribution is 2.25. The second kappa shape index (κ2) is 9.94. The standard InChI is InChI=1S/C19H28N2O4S/c1-5-24-17(22)14-25-20-18(15-6-8-16(26-4)9-7-15)19(2,3)21-10-12-23-13-11-21/h6-9H,5,10-14H2,1-4H3/b20-18+. The van der Waals surface area contributed by atoms with E-state index in [2.05, 4.69) is 36.0 Å². The van der Waals surface area contributed by atoms with Gasteiger partial charge in [0.15, 0.2) is 0 Å². The molecule has 6 nitrogen and oxygen atoms in total. The molecule has 1 aromatic carbocycles. The number of carbonyl (C=O) groups excluding carboxylic acids is 1. The molecular formula is C19H28N2O4S. The van der Waals surface area contributed by atoms with E-state index in [1.54, 1.807) is 18.7 Å². The van der Waals surface area contributed by atoms with E-state index in [-0.39, 0.29) is 12.1 Å². The fourth-order valence-electron chi connectivity index (χ4n) is 2.89. The van der Waals surface area contributed by atoms with Crippen LogP contribution < -0.4 is 0 Å². The molecule has 0 aliphatic carbocycles. The third-order valence-electron chi connectivity index (χ3n) is 4.39. The Balaban J connectivity index is 2.25. The molecule has 1 saturated heterocycles. The summed E-state index contributed by atoms with van der Waals surface area (Å²) in [5, 5.41) is 4.35. The molecule has 0 amide bonds. The smallest absolute Gasteiger partial charge is 0.347 e. The molecule has 1 aliphatic heterocycles. The van der Waals surface area contributed by atoms with Crippen LogP contribution in [0, 0.1) is 0 Å². The van der Waals surface area contributed by atoms with Gasteiger partial charge in [-0.15, -0.1) is 11.8 Å². The molecule has 144 valence electrons. The van der Waals surface area contributed by atoms with Gasteiger partial charge in [0.25, 0.3) is 0 Å². The van der Waals surface area contributed by atoms with Crippen molar-refractivity contribution in [2.45, 2.75) is 31.2 Å². The van der Waals surface area contributed by atoms with Crippen molar-refractivity contribution in [1.82, 2.24) is 4.90 Å².